The standard InChI is InChI=1S/C15H17NO2/c1-10(16)15(11-2-6-13(17)7-3-11)12-4-8-14(18)9-5-12/h2-10,15,17-18H,16H2,1H3. The van der Waals surface area contributed by atoms with E-state index in [2.05, 4.69) is 0 Å². The molecule has 0 aliphatic heterocycles. The van der Waals surface area contributed by atoms with E-state index in [4.69, 9.17) is 5.73 Å². The molecule has 0 aliphatic carbocycles. The van der Waals surface area contributed by atoms with E-state index in [0.717, 1.165) is 11.1 Å². The zero-order valence-electron chi connectivity index (χ0n) is 10.2. The second-order valence-corrected chi connectivity index (χ2v) is 4.52. The van der Waals surface area contributed by atoms with E-state index in [1.54, 1.807) is 24.3 Å². The number of aromatic hydroxyl groups is 2. The first-order chi connectivity index (χ1) is 8.58. The molecule has 2 aromatic carbocycles. The van der Waals surface area contributed by atoms with Crippen LogP contribution in [-0.4, -0.2) is 16.3 Å². The van der Waals surface area contributed by atoms with E-state index < -0.39 is 0 Å². The molecular weight excluding hydrogens is 226 g/mol. The molecule has 18 heavy (non-hydrogen) atoms. The summed E-state index contributed by atoms with van der Waals surface area (Å²) in [4.78, 5) is 0. The van der Waals surface area contributed by atoms with E-state index in [1.165, 1.54) is 0 Å². The summed E-state index contributed by atoms with van der Waals surface area (Å²) in [5, 5.41) is 18.6. The molecule has 0 amide bonds. The minimum Gasteiger partial charge on any atom is -0.508 e. The van der Waals surface area contributed by atoms with Gasteiger partial charge in [0.2, 0.25) is 0 Å². The van der Waals surface area contributed by atoms with Gasteiger partial charge in [-0.3, -0.25) is 0 Å². The molecule has 3 heteroatoms. The van der Waals surface area contributed by atoms with Gasteiger partial charge in [-0.15, -0.1) is 0 Å². The van der Waals surface area contributed by atoms with Crippen molar-refractivity contribution in [2.45, 2.75) is 18.9 Å². The quantitative estimate of drug-likeness (QED) is 0.776. The number of rotatable bonds is 3. The summed E-state index contributed by atoms with van der Waals surface area (Å²) in [7, 11) is 0. The van der Waals surface area contributed by atoms with Crippen molar-refractivity contribution >= 4 is 0 Å². The highest BCUT2D eigenvalue weighted by molar-refractivity contribution is 5.38. The molecule has 2 aromatic rings. The predicted molar refractivity (Wildman–Crippen MR) is 71.7 cm³/mol. The molecular formula is C15H17NO2. The van der Waals surface area contributed by atoms with Crippen molar-refractivity contribution < 1.29 is 10.2 Å². The van der Waals surface area contributed by atoms with Gasteiger partial charge in [-0.1, -0.05) is 24.3 Å². The summed E-state index contributed by atoms with van der Waals surface area (Å²) < 4.78 is 0. The van der Waals surface area contributed by atoms with Crippen molar-refractivity contribution in [2.75, 3.05) is 0 Å². The van der Waals surface area contributed by atoms with Crippen molar-refractivity contribution in [2.24, 2.45) is 5.73 Å². The summed E-state index contributed by atoms with van der Waals surface area (Å²) in [6, 6.07) is 14.1. The zero-order valence-corrected chi connectivity index (χ0v) is 10.2. The van der Waals surface area contributed by atoms with Crippen LogP contribution in [-0.2, 0) is 0 Å². The van der Waals surface area contributed by atoms with Crippen LogP contribution in [0.1, 0.15) is 24.0 Å². The van der Waals surface area contributed by atoms with Crippen molar-refractivity contribution in [3.8, 4) is 11.5 Å². The maximum Gasteiger partial charge on any atom is 0.115 e. The monoisotopic (exact) mass is 243 g/mol. The molecule has 0 heterocycles. The lowest BCUT2D eigenvalue weighted by Crippen LogP contribution is -2.25. The van der Waals surface area contributed by atoms with Crippen LogP contribution in [0.15, 0.2) is 48.5 Å². The van der Waals surface area contributed by atoms with Gasteiger partial charge in [0.1, 0.15) is 11.5 Å². The average Bonchev–Trinajstić information content (AvgIpc) is 2.34. The molecule has 94 valence electrons. The molecule has 0 bridgehead atoms. The fourth-order valence-corrected chi connectivity index (χ4v) is 2.16. The summed E-state index contributed by atoms with van der Waals surface area (Å²) in [6.07, 6.45) is 0. The maximum absolute atomic E-state index is 9.32. The average molecular weight is 243 g/mol. The minimum absolute atomic E-state index is 0.0474. The molecule has 0 aromatic heterocycles. The molecule has 3 nitrogen and oxygen atoms in total. The molecule has 0 fully saturated rings. The van der Waals surface area contributed by atoms with Crippen LogP contribution in [0.5, 0.6) is 11.5 Å². The van der Waals surface area contributed by atoms with Gasteiger partial charge < -0.3 is 15.9 Å². The maximum atomic E-state index is 9.32. The summed E-state index contributed by atoms with van der Waals surface area (Å²) in [5.41, 5.74) is 8.15. The zero-order chi connectivity index (χ0) is 13.1. The lowest BCUT2D eigenvalue weighted by atomic mass is 9.86. The molecule has 2 rings (SSSR count). The third-order valence-electron chi connectivity index (χ3n) is 3.03. The van der Waals surface area contributed by atoms with Gasteiger partial charge in [0.15, 0.2) is 0 Å². The van der Waals surface area contributed by atoms with E-state index in [-0.39, 0.29) is 23.5 Å². The largest absolute Gasteiger partial charge is 0.508 e. The molecule has 0 spiro atoms. The van der Waals surface area contributed by atoms with Crippen molar-refractivity contribution in [1.82, 2.24) is 0 Å². The van der Waals surface area contributed by atoms with Gasteiger partial charge in [0.25, 0.3) is 0 Å². The Morgan fingerprint density at radius 2 is 1.11 bits per heavy atom. The molecule has 1 atom stereocenters. The summed E-state index contributed by atoms with van der Waals surface area (Å²) in [6.45, 7) is 1.95. The fourth-order valence-electron chi connectivity index (χ4n) is 2.16. The van der Waals surface area contributed by atoms with Gasteiger partial charge in [0.05, 0.1) is 0 Å². The number of phenolic OH excluding ortho intramolecular Hbond substituents is 2. The first-order valence-corrected chi connectivity index (χ1v) is 5.91. The van der Waals surface area contributed by atoms with Crippen LogP contribution < -0.4 is 5.73 Å². The highest BCUT2D eigenvalue weighted by Crippen LogP contribution is 2.29. The van der Waals surface area contributed by atoms with Crippen molar-refractivity contribution in [3.63, 3.8) is 0 Å². The highest BCUT2D eigenvalue weighted by Gasteiger charge is 2.18. The number of hydrogen-bond donors (Lipinski definition) is 3. The molecule has 0 saturated heterocycles. The highest BCUT2D eigenvalue weighted by atomic mass is 16.3. The predicted octanol–water partition coefficient (Wildman–Crippen LogP) is 2.58. The third-order valence-corrected chi connectivity index (χ3v) is 3.03. The molecule has 0 aliphatic rings. The molecule has 0 saturated carbocycles. The Hall–Kier alpha value is -2.00. The second kappa shape index (κ2) is 5.10. The Labute approximate surface area is 107 Å². The van der Waals surface area contributed by atoms with Crippen molar-refractivity contribution in [1.29, 1.82) is 0 Å². The van der Waals surface area contributed by atoms with Crippen LogP contribution in [0, 0.1) is 0 Å². The Balaban J connectivity index is 2.39. The number of hydrogen-bond acceptors (Lipinski definition) is 3. The Bertz CT molecular complexity index is 458. The smallest absolute Gasteiger partial charge is 0.115 e. The summed E-state index contributed by atoms with van der Waals surface area (Å²) >= 11 is 0. The van der Waals surface area contributed by atoms with Crippen LogP contribution >= 0.6 is 0 Å². The Kier molecular flexibility index (Phi) is 3.53. The van der Waals surface area contributed by atoms with Gasteiger partial charge in [-0.2, -0.15) is 0 Å². The lowest BCUT2D eigenvalue weighted by Gasteiger charge is -2.22. The van der Waals surface area contributed by atoms with Gasteiger partial charge in [-0.25, -0.2) is 0 Å². The van der Waals surface area contributed by atoms with E-state index >= 15 is 0 Å². The number of nitrogens with two attached hydrogens (primary N) is 1. The molecule has 1 unspecified atom stereocenters. The first-order valence-electron chi connectivity index (χ1n) is 5.91. The normalized spacial score (nSPS) is 12.6. The lowest BCUT2D eigenvalue weighted by molar-refractivity contribution is 0.474. The third kappa shape index (κ3) is 2.63. The SMILES string of the molecule is CC(N)C(c1ccc(O)cc1)c1ccc(O)cc1. The number of phenols is 2. The topological polar surface area (TPSA) is 66.5 Å². The molecule has 0 radical (unpaired) electrons. The van der Waals surface area contributed by atoms with Crippen LogP contribution in [0.2, 0.25) is 0 Å². The van der Waals surface area contributed by atoms with Crippen LogP contribution in [0.4, 0.5) is 0 Å². The second-order valence-electron chi connectivity index (χ2n) is 4.52. The van der Waals surface area contributed by atoms with E-state index in [0.29, 0.717) is 0 Å². The Morgan fingerprint density at radius 1 is 0.778 bits per heavy atom. The fraction of sp³-hybridized carbons (Fsp3) is 0.200. The van der Waals surface area contributed by atoms with Crippen molar-refractivity contribution in [3.05, 3.63) is 59.7 Å². The van der Waals surface area contributed by atoms with Crippen LogP contribution in [0.25, 0.3) is 0 Å². The van der Waals surface area contributed by atoms with Gasteiger partial charge in [-0.05, 0) is 42.3 Å². The summed E-state index contributed by atoms with van der Waals surface area (Å²) in [5.74, 6) is 0.534. The number of benzene rings is 2. The van der Waals surface area contributed by atoms with E-state index in [1.807, 2.05) is 31.2 Å². The Morgan fingerprint density at radius 3 is 1.39 bits per heavy atom. The van der Waals surface area contributed by atoms with Gasteiger partial charge in [0, 0.05) is 12.0 Å². The minimum atomic E-state index is -0.0564. The first kappa shape index (κ1) is 12.5. The van der Waals surface area contributed by atoms with Gasteiger partial charge >= 0.3 is 0 Å². The van der Waals surface area contributed by atoms with E-state index in [9.17, 15) is 10.2 Å². The molecule has 4 N–H and O–H groups in total. The van der Waals surface area contributed by atoms with Crippen LogP contribution in [0.3, 0.4) is 0 Å².